The lowest BCUT2D eigenvalue weighted by Gasteiger charge is -2.41. The highest BCUT2D eigenvalue weighted by atomic mass is 35.5. The van der Waals surface area contributed by atoms with E-state index in [2.05, 4.69) is 23.2 Å². The lowest BCUT2D eigenvalue weighted by molar-refractivity contribution is -0.902. The number of likely N-dealkylation sites (N-methyl/N-ethyl adjacent to an activating group) is 1. The molecule has 0 saturated carbocycles. The van der Waals surface area contributed by atoms with E-state index in [4.69, 9.17) is 20.7 Å². The van der Waals surface area contributed by atoms with Crippen LogP contribution in [0.4, 0.5) is 16.4 Å². The zero-order valence-electron chi connectivity index (χ0n) is 16.6. The fourth-order valence-electron chi connectivity index (χ4n) is 3.17. The Morgan fingerprint density at radius 3 is 2.92 bits per heavy atom. The van der Waals surface area contributed by atoms with Gasteiger partial charge in [-0.2, -0.15) is 0 Å². The van der Waals surface area contributed by atoms with E-state index >= 15 is 0 Å². The van der Waals surface area contributed by atoms with E-state index in [1.807, 2.05) is 24.3 Å². The molecule has 1 aromatic carbocycles. The molecule has 4 nitrogen and oxygen atoms in total. The largest absolute Gasteiger partial charge is 0.345 e. The van der Waals surface area contributed by atoms with Crippen molar-refractivity contribution < 1.29 is 8.60 Å². The molecule has 24 heavy (non-hydrogen) atoms. The zero-order valence-corrected chi connectivity index (χ0v) is 15.1. The second kappa shape index (κ2) is 6.06. The van der Waals surface area contributed by atoms with Crippen LogP contribution in [0.1, 0.15) is 14.6 Å². The van der Waals surface area contributed by atoms with Gasteiger partial charge in [0.05, 0.1) is 54.2 Å². The lowest BCUT2D eigenvalue weighted by atomic mass is 10.2. The number of hydrogen-bond donors (Lipinski definition) is 1. The molecule has 3 heterocycles. The Bertz CT molecular complexity index is 885. The van der Waals surface area contributed by atoms with Gasteiger partial charge in [-0.15, -0.1) is 11.3 Å². The van der Waals surface area contributed by atoms with Crippen molar-refractivity contribution in [1.29, 1.82) is 0 Å². The molecule has 0 spiro atoms. The first-order chi connectivity index (χ1) is 12.8. The number of quaternary nitrogens is 1. The summed E-state index contributed by atoms with van der Waals surface area (Å²) in [5, 5.41) is 4.59. The molecule has 0 unspecified atom stereocenters. The van der Waals surface area contributed by atoms with Gasteiger partial charge in [-0.05, 0) is 25.1 Å². The normalized spacial score (nSPS) is 21.3. The molecule has 1 fully saturated rings. The minimum absolute atomic E-state index is 0.0529. The SMILES string of the molecule is [2H]C([2H])([2H])[N+]1(CCl)CCN(C2=Nc3ccccc3Nc3sc(C)cc32)CC1. The number of benzene rings is 1. The van der Waals surface area contributed by atoms with E-state index in [9.17, 15) is 0 Å². The maximum Gasteiger partial charge on any atom is 0.154 e. The quantitative estimate of drug-likeness (QED) is 0.467. The average Bonchev–Trinajstić information content (AvgIpc) is 2.92. The van der Waals surface area contributed by atoms with Crippen LogP contribution >= 0.6 is 22.9 Å². The van der Waals surface area contributed by atoms with E-state index in [0.29, 0.717) is 26.2 Å². The molecule has 4 rings (SSSR count). The van der Waals surface area contributed by atoms with Gasteiger partial charge >= 0.3 is 0 Å². The van der Waals surface area contributed by atoms with Crippen LogP contribution in [-0.2, 0) is 0 Å². The number of halogens is 1. The van der Waals surface area contributed by atoms with Gasteiger partial charge in [0.15, 0.2) is 6.00 Å². The van der Waals surface area contributed by atoms with Gasteiger partial charge in [0.2, 0.25) is 0 Å². The molecule has 0 atom stereocenters. The number of thiophene rings is 1. The first-order valence-corrected chi connectivity index (χ1v) is 9.41. The number of nitrogens with one attached hydrogen (secondary N) is 1. The van der Waals surface area contributed by atoms with Crippen molar-refractivity contribution in [2.75, 3.05) is 44.5 Å². The minimum Gasteiger partial charge on any atom is -0.345 e. The van der Waals surface area contributed by atoms with Gasteiger partial charge in [-0.3, -0.25) is 0 Å². The van der Waals surface area contributed by atoms with Crippen molar-refractivity contribution in [1.82, 2.24) is 4.90 Å². The van der Waals surface area contributed by atoms with Crippen LogP contribution < -0.4 is 5.32 Å². The molecule has 6 heteroatoms. The van der Waals surface area contributed by atoms with Crippen molar-refractivity contribution in [3.05, 3.63) is 40.8 Å². The summed E-state index contributed by atoms with van der Waals surface area (Å²) in [6, 6.07) is 10.3. The molecule has 0 aliphatic carbocycles. The van der Waals surface area contributed by atoms with Gasteiger partial charge in [0, 0.05) is 4.88 Å². The van der Waals surface area contributed by atoms with E-state index in [1.165, 1.54) is 4.88 Å². The third-order valence-corrected chi connectivity index (χ3v) is 6.02. The number of fused-ring (bicyclic) bond motifs is 2. The molecule has 2 aromatic rings. The number of aliphatic imine (C=N–C) groups is 1. The second-order valence-corrected chi connectivity index (χ2v) is 7.87. The van der Waals surface area contributed by atoms with Gasteiger partial charge in [0.25, 0.3) is 0 Å². The second-order valence-electron chi connectivity index (χ2n) is 6.38. The Kier molecular flexibility index (Phi) is 3.22. The Labute approximate surface area is 156 Å². The van der Waals surface area contributed by atoms with Crippen molar-refractivity contribution >= 4 is 45.1 Å². The molecular formula is C18H22ClN4S+. The van der Waals surface area contributed by atoms with Crippen LogP contribution in [0.2, 0.25) is 0 Å². The predicted octanol–water partition coefficient (Wildman–Crippen LogP) is 4.15. The third-order valence-electron chi connectivity index (χ3n) is 4.60. The van der Waals surface area contributed by atoms with Crippen LogP contribution in [0.15, 0.2) is 35.3 Å². The highest BCUT2D eigenvalue weighted by Gasteiger charge is 2.31. The van der Waals surface area contributed by atoms with E-state index in [1.54, 1.807) is 11.3 Å². The number of nitrogens with zero attached hydrogens (tertiary/aromatic N) is 3. The Morgan fingerprint density at radius 1 is 1.38 bits per heavy atom. The van der Waals surface area contributed by atoms with E-state index in [0.717, 1.165) is 27.8 Å². The van der Waals surface area contributed by atoms with Crippen LogP contribution in [0.25, 0.3) is 0 Å². The first-order valence-electron chi connectivity index (χ1n) is 9.56. The molecule has 1 aromatic heterocycles. The van der Waals surface area contributed by atoms with Crippen molar-refractivity contribution in [2.45, 2.75) is 6.92 Å². The summed E-state index contributed by atoms with van der Waals surface area (Å²) in [6.07, 6.45) is 0. The molecule has 2 aliphatic rings. The molecule has 1 saturated heterocycles. The van der Waals surface area contributed by atoms with Crippen LogP contribution in [-0.4, -0.2) is 54.4 Å². The Morgan fingerprint density at radius 2 is 2.17 bits per heavy atom. The molecule has 1 N–H and O–H groups in total. The summed E-state index contributed by atoms with van der Waals surface area (Å²) >= 11 is 7.80. The molecule has 126 valence electrons. The highest BCUT2D eigenvalue weighted by molar-refractivity contribution is 7.16. The molecule has 2 aliphatic heterocycles. The Hall–Kier alpha value is -1.56. The van der Waals surface area contributed by atoms with Crippen molar-refractivity contribution in [3.63, 3.8) is 0 Å². The van der Waals surface area contributed by atoms with Crippen molar-refractivity contribution in [3.8, 4) is 0 Å². The van der Waals surface area contributed by atoms with Gasteiger partial charge < -0.3 is 14.7 Å². The van der Waals surface area contributed by atoms with E-state index in [-0.39, 0.29) is 10.5 Å². The zero-order chi connectivity index (χ0) is 19.2. The summed E-state index contributed by atoms with van der Waals surface area (Å²) in [5.41, 5.74) is 2.96. The summed E-state index contributed by atoms with van der Waals surface area (Å²) in [6.45, 7) is 2.17. The number of aryl methyl sites for hydroxylation is 1. The highest BCUT2D eigenvalue weighted by Crippen LogP contribution is 2.39. The van der Waals surface area contributed by atoms with Crippen LogP contribution in [0, 0.1) is 6.92 Å². The molecule has 0 amide bonds. The minimum atomic E-state index is -2.10. The summed E-state index contributed by atoms with van der Waals surface area (Å²) in [5.74, 6) is 0.907. The van der Waals surface area contributed by atoms with Gasteiger partial charge in [-0.25, -0.2) is 4.99 Å². The smallest absolute Gasteiger partial charge is 0.154 e. The fourth-order valence-corrected chi connectivity index (χ4v) is 4.33. The lowest BCUT2D eigenvalue weighted by Crippen LogP contribution is -2.57. The van der Waals surface area contributed by atoms with Gasteiger partial charge in [0.1, 0.15) is 10.8 Å². The number of anilines is 2. The molecule has 0 radical (unpaired) electrons. The number of amidine groups is 1. The number of alkyl halides is 1. The molecular weight excluding hydrogens is 340 g/mol. The predicted molar refractivity (Wildman–Crippen MR) is 103 cm³/mol. The van der Waals surface area contributed by atoms with E-state index < -0.39 is 6.98 Å². The first kappa shape index (κ1) is 12.8. The summed E-state index contributed by atoms with van der Waals surface area (Å²) in [4.78, 5) is 8.37. The van der Waals surface area contributed by atoms with Crippen molar-refractivity contribution in [2.24, 2.45) is 4.99 Å². The fraction of sp³-hybridized carbons (Fsp3) is 0.389. The van der Waals surface area contributed by atoms with Crippen LogP contribution in [0.3, 0.4) is 0 Å². The summed E-state index contributed by atoms with van der Waals surface area (Å²) in [7, 11) is 0. The topological polar surface area (TPSA) is 27.6 Å². The number of piperazine rings is 1. The monoisotopic (exact) mass is 364 g/mol. The average molecular weight is 365 g/mol. The Balaban J connectivity index is 1.70. The number of para-hydroxylation sites is 2. The molecule has 0 bridgehead atoms. The number of rotatable bonds is 1. The standard InChI is InChI=1S/C18H22ClN4S/c1-13-11-14-17(22-7-9-23(2,12-19)10-8-22)20-15-5-3-4-6-16(15)21-18(14)24-13/h3-6,11,21H,7-10,12H2,1-2H3/q+1/i2D3. The van der Waals surface area contributed by atoms with Gasteiger partial charge in [-0.1, -0.05) is 23.7 Å². The maximum atomic E-state index is 7.90. The maximum absolute atomic E-state index is 7.90. The van der Waals surface area contributed by atoms with Crippen LogP contribution in [0.5, 0.6) is 0 Å². The third kappa shape index (κ3) is 2.81. The summed E-state index contributed by atoms with van der Waals surface area (Å²) < 4.78 is 23.6. The number of hydrogen-bond acceptors (Lipinski definition) is 4.